The normalized spacial score (nSPS) is 12.0. The maximum atomic E-state index is 14.3. The molecule has 0 aliphatic heterocycles. The van der Waals surface area contributed by atoms with Crippen molar-refractivity contribution >= 4 is 23.9 Å². The van der Waals surface area contributed by atoms with Crippen LogP contribution in [0.1, 0.15) is 12.5 Å². The number of nitrogens with zero attached hydrogens (tertiary/aromatic N) is 1. The van der Waals surface area contributed by atoms with E-state index in [0.29, 0.717) is 6.29 Å². The van der Waals surface area contributed by atoms with Crippen molar-refractivity contribution in [2.24, 2.45) is 5.73 Å². The Labute approximate surface area is 174 Å². The number of benzene rings is 1. The van der Waals surface area contributed by atoms with Crippen molar-refractivity contribution in [3.63, 3.8) is 0 Å². The number of hydrogen-bond acceptors (Lipinski definition) is 8. The van der Waals surface area contributed by atoms with Gasteiger partial charge in [0.15, 0.2) is 0 Å². The van der Waals surface area contributed by atoms with Crippen LogP contribution in [0.4, 0.5) is 10.1 Å². The average molecular weight is 422 g/mol. The molecule has 0 bridgehead atoms. The van der Waals surface area contributed by atoms with Gasteiger partial charge in [-0.1, -0.05) is 6.07 Å². The van der Waals surface area contributed by atoms with Crippen molar-refractivity contribution in [3.8, 4) is 0 Å². The number of allylic oxidation sites excluding steroid dienone is 1. The molecule has 10 heteroatoms. The number of nitrogens with one attached hydrogen (secondary N) is 2. The number of ether oxygens (including phenoxy) is 1. The summed E-state index contributed by atoms with van der Waals surface area (Å²) < 4.78 is 19.0. The van der Waals surface area contributed by atoms with Gasteiger partial charge >= 0.3 is 5.97 Å². The monoisotopic (exact) mass is 422 g/mol. The van der Waals surface area contributed by atoms with Gasteiger partial charge < -0.3 is 20.7 Å². The lowest BCUT2D eigenvalue weighted by atomic mass is 10.1. The highest BCUT2D eigenvalue weighted by Crippen LogP contribution is 2.20. The van der Waals surface area contributed by atoms with E-state index in [4.69, 9.17) is 15.3 Å². The van der Waals surface area contributed by atoms with Crippen LogP contribution < -0.4 is 16.5 Å². The molecule has 0 aliphatic carbocycles. The van der Waals surface area contributed by atoms with Gasteiger partial charge in [0.2, 0.25) is 0 Å². The number of carbonyl (C=O) groups excluding carboxylic acids is 3. The number of nitrogens with two attached hydrogens (primary N) is 1. The SMILES string of the molecule is C/C(C=O)=C/C(C(=O)NOCCOC(=O)CN)=C(/Nc1ccc(C)cc1F)N(C)C. The van der Waals surface area contributed by atoms with Gasteiger partial charge in [0, 0.05) is 14.1 Å². The molecule has 0 fully saturated rings. The van der Waals surface area contributed by atoms with Crippen LogP contribution in [0.3, 0.4) is 0 Å². The molecule has 1 amide bonds. The molecule has 30 heavy (non-hydrogen) atoms. The fourth-order valence-electron chi connectivity index (χ4n) is 2.20. The molecule has 0 aliphatic rings. The maximum Gasteiger partial charge on any atom is 0.319 e. The molecular formula is C20H27FN4O5. The average Bonchev–Trinajstić information content (AvgIpc) is 2.70. The summed E-state index contributed by atoms with van der Waals surface area (Å²) in [5.41, 5.74) is 8.52. The quantitative estimate of drug-likeness (QED) is 0.121. The third-order valence-corrected chi connectivity index (χ3v) is 3.66. The van der Waals surface area contributed by atoms with Gasteiger partial charge in [-0.25, -0.2) is 9.87 Å². The maximum absolute atomic E-state index is 14.3. The summed E-state index contributed by atoms with van der Waals surface area (Å²) in [6, 6.07) is 4.62. The van der Waals surface area contributed by atoms with Crippen molar-refractivity contribution in [2.45, 2.75) is 13.8 Å². The van der Waals surface area contributed by atoms with Crippen molar-refractivity contribution in [2.75, 3.05) is 39.2 Å². The molecule has 164 valence electrons. The van der Waals surface area contributed by atoms with Gasteiger partial charge in [-0.15, -0.1) is 0 Å². The van der Waals surface area contributed by atoms with Crippen LogP contribution in [0, 0.1) is 12.7 Å². The van der Waals surface area contributed by atoms with Gasteiger partial charge in [-0.3, -0.25) is 19.2 Å². The summed E-state index contributed by atoms with van der Waals surface area (Å²) >= 11 is 0. The van der Waals surface area contributed by atoms with E-state index in [-0.39, 0.29) is 42.4 Å². The summed E-state index contributed by atoms with van der Waals surface area (Å²) in [6.45, 7) is 2.80. The highest BCUT2D eigenvalue weighted by molar-refractivity contribution is 5.98. The molecule has 0 saturated heterocycles. The Hall–Kier alpha value is -3.24. The Kier molecular flexibility index (Phi) is 10.2. The third kappa shape index (κ3) is 8.02. The Bertz CT molecular complexity index is 836. The summed E-state index contributed by atoms with van der Waals surface area (Å²) in [5, 5.41) is 2.88. The first-order valence-electron chi connectivity index (χ1n) is 9.05. The van der Waals surface area contributed by atoms with E-state index in [1.165, 1.54) is 19.1 Å². The predicted octanol–water partition coefficient (Wildman–Crippen LogP) is 1.01. The molecule has 0 radical (unpaired) electrons. The van der Waals surface area contributed by atoms with E-state index < -0.39 is 17.7 Å². The van der Waals surface area contributed by atoms with Crippen molar-refractivity contribution in [3.05, 3.63) is 52.6 Å². The summed E-state index contributed by atoms with van der Waals surface area (Å²) in [7, 11) is 3.30. The van der Waals surface area contributed by atoms with Crippen molar-refractivity contribution in [1.29, 1.82) is 0 Å². The molecule has 9 nitrogen and oxygen atoms in total. The van der Waals surface area contributed by atoms with E-state index in [1.54, 1.807) is 38.1 Å². The molecule has 0 heterocycles. The van der Waals surface area contributed by atoms with E-state index >= 15 is 0 Å². The minimum atomic E-state index is -0.690. The second-order valence-electron chi connectivity index (χ2n) is 6.48. The van der Waals surface area contributed by atoms with E-state index in [9.17, 15) is 18.8 Å². The first kappa shape index (κ1) is 24.8. The molecular weight excluding hydrogens is 395 g/mol. The number of rotatable bonds is 11. The van der Waals surface area contributed by atoms with Crippen molar-refractivity contribution in [1.82, 2.24) is 10.4 Å². The fraction of sp³-hybridized carbons (Fsp3) is 0.350. The van der Waals surface area contributed by atoms with E-state index in [0.717, 1.165) is 5.56 Å². The van der Waals surface area contributed by atoms with E-state index in [2.05, 4.69) is 10.8 Å². The zero-order valence-electron chi connectivity index (χ0n) is 17.5. The van der Waals surface area contributed by atoms with Gasteiger partial charge in [-0.05, 0) is 43.2 Å². The summed E-state index contributed by atoms with van der Waals surface area (Å²) in [4.78, 5) is 41.3. The zero-order valence-corrected chi connectivity index (χ0v) is 17.5. The fourth-order valence-corrected chi connectivity index (χ4v) is 2.20. The number of carbonyl (C=O) groups is 3. The van der Waals surface area contributed by atoms with Crippen LogP contribution in [-0.4, -0.2) is 56.9 Å². The van der Waals surface area contributed by atoms with Crippen LogP contribution in [0.25, 0.3) is 0 Å². The Morgan fingerprint density at radius 1 is 1.27 bits per heavy atom. The van der Waals surface area contributed by atoms with Gasteiger partial charge in [0.05, 0.1) is 17.8 Å². The molecule has 0 spiro atoms. The lowest BCUT2D eigenvalue weighted by Crippen LogP contribution is -2.31. The predicted molar refractivity (Wildman–Crippen MR) is 109 cm³/mol. The van der Waals surface area contributed by atoms with Crippen LogP contribution in [0.15, 0.2) is 41.2 Å². The number of aldehydes is 1. The van der Waals surface area contributed by atoms with Crippen LogP contribution in [0.5, 0.6) is 0 Å². The molecule has 1 aromatic rings. The third-order valence-electron chi connectivity index (χ3n) is 3.66. The first-order valence-corrected chi connectivity index (χ1v) is 9.05. The number of amides is 1. The minimum Gasteiger partial charge on any atom is -0.462 e. The standard InChI is InChI=1S/C20H27FN4O5/c1-13-5-6-17(16(21)10-13)23-19(25(3)4)15(9-14(2)12-26)20(28)24-30-8-7-29-18(27)11-22/h5-6,9-10,12,23H,7-8,11,22H2,1-4H3,(H,24,28)/b14-9-,19-15+. The van der Waals surface area contributed by atoms with E-state index in [1.807, 2.05) is 0 Å². The number of hydroxylamine groups is 1. The summed E-state index contributed by atoms with van der Waals surface area (Å²) in [5.74, 6) is -1.56. The smallest absolute Gasteiger partial charge is 0.319 e. The molecule has 4 N–H and O–H groups in total. The number of esters is 1. The summed E-state index contributed by atoms with van der Waals surface area (Å²) in [6.07, 6.45) is 1.93. The topological polar surface area (TPSA) is 123 Å². The largest absolute Gasteiger partial charge is 0.462 e. The minimum absolute atomic E-state index is 0.0310. The number of hydrogen-bond donors (Lipinski definition) is 3. The van der Waals surface area contributed by atoms with Crippen LogP contribution in [0.2, 0.25) is 0 Å². The molecule has 0 saturated carbocycles. The van der Waals surface area contributed by atoms with Crippen LogP contribution in [-0.2, 0) is 24.0 Å². The molecule has 0 atom stereocenters. The number of halogens is 1. The first-order chi connectivity index (χ1) is 14.2. The lowest BCUT2D eigenvalue weighted by Gasteiger charge is -2.22. The van der Waals surface area contributed by atoms with Crippen molar-refractivity contribution < 1.29 is 28.3 Å². The second-order valence-corrected chi connectivity index (χ2v) is 6.48. The number of aryl methyl sites for hydroxylation is 1. The number of anilines is 1. The zero-order chi connectivity index (χ0) is 22.7. The Morgan fingerprint density at radius 3 is 2.53 bits per heavy atom. The second kappa shape index (κ2) is 12.3. The molecule has 0 unspecified atom stereocenters. The van der Waals surface area contributed by atoms with Gasteiger partial charge in [-0.2, -0.15) is 0 Å². The molecule has 1 rings (SSSR count). The van der Waals surface area contributed by atoms with Crippen LogP contribution >= 0.6 is 0 Å². The molecule has 0 aromatic heterocycles. The van der Waals surface area contributed by atoms with Gasteiger partial charge in [0.1, 0.15) is 31.1 Å². The Balaban J connectivity index is 3.10. The lowest BCUT2D eigenvalue weighted by molar-refractivity contribution is -0.145. The molecule has 1 aromatic carbocycles. The highest BCUT2D eigenvalue weighted by Gasteiger charge is 2.18. The Morgan fingerprint density at radius 2 is 1.97 bits per heavy atom. The highest BCUT2D eigenvalue weighted by atomic mass is 19.1. The van der Waals surface area contributed by atoms with Gasteiger partial charge in [0.25, 0.3) is 5.91 Å².